The summed E-state index contributed by atoms with van der Waals surface area (Å²) in [5.41, 5.74) is 0.0190. The summed E-state index contributed by atoms with van der Waals surface area (Å²) in [6, 6.07) is 8.31. The molecule has 0 aliphatic rings. The van der Waals surface area contributed by atoms with E-state index in [1.54, 1.807) is 24.3 Å². The van der Waals surface area contributed by atoms with Gasteiger partial charge in [0.05, 0.1) is 12.7 Å². The van der Waals surface area contributed by atoms with Gasteiger partial charge in [-0.05, 0) is 6.07 Å². The van der Waals surface area contributed by atoms with Gasteiger partial charge in [-0.3, -0.25) is 4.79 Å². The molecule has 0 aromatic heterocycles. The summed E-state index contributed by atoms with van der Waals surface area (Å²) >= 11 is 0. The Kier molecular flexibility index (Phi) is 2.37. The fourth-order valence-electron chi connectivity index (χ4n) is 1.58. The van der Waals surface area contributed by atoms with Crippen LogP contribution in [0.2, 0.25) is 0 Å². The molecule has 0 saturated carbocycles. The third-order valence-electron chi connectivity index (χ3n) is 2.32. The van der Waals surface area contributed by atoms with Crippen molar-refractivity contribution in [3.05, 3.63) is 41.7 Å². The van der Waals surface area contributed by atoms with Crippen molar-refractivity contribution in [1.82, 2.24) is 0 Å². The number of aldehydes is 1. The van der Waals surface area contributed by atoms with Gasteiger partial charge in [-0.15, -0.1) is 0 Å². The first-order valence-electron chi connectivity index (χ1n) is 4.48. The minimum Gasteiger partial charge on any atom is -0.496 e. The van der Waals surface area contributed by atoms with Crippen molar-refractivity contribution in [2.75, 3.05) is 7.11 Å². The van der Waals surface area contributed by atoms with E-state index < -0.39 is 5.82 Å². The van der Waals surface area contributed by atoms with Gasteiger partial charge in [0.15, 0.2) is 6.29 Å². The van der Waals surface area contributed by atoms with Gasteiger partial charge >= 0.3 is 0 Å². The molecule has 2 rings (SSSR count). The zero-order valence-corrected chi connectivity index (χ0v) is 8.16. The minimum atomic E-state index is -0.499. The molecular weight excluding hydrogens is 195 g/mol. The molecule has 15 heavy (non-hydrogen) atoms. The standard InChI is InChI=1S/C12H9FO2/c1-15-11-6-8(7-14)12(13)10-5-3-2-4-9(10)11/h2-7H,1H3. The van der Waals surface area contributed by atoms with Crippen molar-refractivity contribution in [2.45, 2.75) is 0 Å². The second-order valence-electron chi connectivity index (χ2n) is 3.15. The van der Waals surface area contributed by atoms with E-state index >= 15 is 0 Å². The maximum absolute atomic E-state index is 13.7. The van der Waals surface area contributed by atoms with Gasteiger partial charge in [0, 0.05) is 10.8 Å². The normalized spacial score (nSPS) is 10.3. The van der Waals surface area contributed by atoms with Gasteiger partial charge in [0.2, 0.25) is 0 Å². The molecule has 0 amide bonds. The van der Waals surface area contributed by atoms with Gasteiger partial charge in [0.25, 0.3) is 0 Å². The molecule has 0 unspecified atom stereocenters. The first kappa shape index (κ1) is 9.65. The van der Waals surface area contributed by atoms with Crippen molar-refractivity contribution in [1.29, 1.82) is 0 Å². The molecule has 2 nitrogen and oxygen atoms in total. The van der Waals surface area contributed by atoms with E-state index in [4.69, 9.17) is 4.74 Å². The number of hydrogen-bond donors (Lipinski definition) is 0. The largest absolute Gasteiger partial charge is 0.496 e. The molecule has 3 heteroatoms. The summed E-state index contributed by atoms with van der Waals surface area (Å²) in [5, 5.41) is 1.07. The van der Waals surface area contributed by atoms with E-state index in [1.807, 2.05) is 0 Å². The molecule has 0 radical (unpaired) electrons. The number of carbonyl (C=O) groups excluding carboxylic acids is 1. The number of carbonyl (C=O) groups is 1. The number of rotatable bonds is 2. The van der Waals surface area contributed by atoms with Crippen molar-refractivity contribution in [3.8, 4) is 5.75 Å². The zero-order valence-electron chi connectivity index (χ0n) is 8.16. The highest BCUT2D eigenvalue weighted by Gasteiger charge is 2.10. The molecule has 0 N–H and O–H groups in total. The van der Waals surface area contributed by atoms with Crippen LogP contribution in [-0.2, 0) is 0 Å². The van der Waals surface area contributed by atoms with Crippen LogP contribution in [0, 0.1) is 5.82 Å². The Balaban J connectivity index is 2.89. The lowest BCUT2D eigenvalue weighted by Gasteiger charge is -2.07. The van der Waals surface area contributed by atoms with E-state index in [0.717, 1.165) is 0 Å². The van der Waals surface area contributed by atoms with Gasteiger partial charge < -0.3 is 4.74 Å². The topological polar surface area (TPSA) is 26.3 Å². The molecule has 0 spiro atoms. The van der Waals surface area contributed by atoms with Gasteiger partial charge in [-0.2, -0.15) is 0 Å². The fourth-order valence-corrected chi connectivity index (χ4v) is 1.58. The molecule has 0 aliphatic heterocycles. The van der Waals surface area contributed by atoms with Crippen LogP contribution in [0.15, 0.2) is 30.3 Å². The number of fused-ring (bicyclic) bond motifs is 1. The Labute approximate surface area is 86.3 Å². The molecule has 0 saturated heterocycles. The fraction of sp³-hybridized carbons (Fsp3) is 0.0833. The number of halogens is 1. The molecular formula is C12H9FO2. The van der Waals surface area contributed by atoms with Gasteiger partial charge in [-0.25, -0.2) is 4.39 Å². The summed E-state index contributed by atoms with van der Waals surface area (Å²) in [7, 11) is 1.49. The van der Waals surface area contributed by atoms with Crippen LogP contribution < -0.4 is 4.74 Å². The van der Waals surface area contributed by atoms with Crippen molar-refractivity contribution in [3.63, 3.8) is 0 Å². The predicted molar refractivity (Wildman–Crippen MR) is 55.8 cm³/mol. The van der Waals surface area contributed by atoms with Gasteiger partial charge in [-0.1, -0.05) is 24.3 Å². The van der Waals surface area contributed by atoms with Crippen molar-refractivity contribution in [2.24, 2.45) is 0 Å². The quantitative estimate of drug-likeness (QED) is 0.703. The van der Waals surface area contributed by atoms with Crippen LogP contribution >= 0.6 is 0 Å². The number of hydrogen-bond acceptors (Lipinski definition) is 2. The Morgan fingerprint density at radius 3 is 2.53 bits per heavy atom. The first-order chi connectivity index (χ1) is 7.27. The van der Waals surface area contributed by atoms with Crippen molar-refractivity contribution >= 4 is 17.1 Å². The maximum atomic E-state index is 13.7. The first-order valence-corrected chi connectivity index (χ1v) is 4.48. The summed E-state index contributed by atoms with van der Waals surface area (Å²) in [5.74, 6) is 0.00972. The summed E-state index contributed by atoms with van der Waals surface area (Å²) in [6.45, 7) is 0. The Bertz CT molecular complexity index is 520. The van der Waals surface area contributed by atoms with Crippen LogP contribution in [0.3, 0.4) is 0 Å². The number of methoxy groups -OCH3 is 1. The van der Waals surface area contributed by atoms with E-state index in [1.165, 1.54) is 13.2 Å². The Morgan fingerprint density at radius 1 is 1.27 bits per heavy atom. The molecule has 2 aromatic carbocycles. The molecule has 0 atom stereocenters. The molecule has 2 aromatic rings. The number of benzene rings is 2. The number of ether oxygens (including phenoxy) is 1. The average Bonchev–Trinajstić information content (AvgIpc) is 2.30. The van der Waals surface area contributed by atoms with E-state index in [0.29, 0.717) is 22.8 Å². The van der Waals surface area contributed by atoms with Crippen LogP contribution in [0.5, 0.6) is 5.75 Å². The van der Waals surface area contributed by atoms with Gasteiger partial charge in [0.1, 0.15) is 11.6 Å². The lowest BCUT2D eigenvalue weighted by molar-refractivity contribution is 0.112. The van der Waals surface area contributed by atoms with Crippen LogP contribution in [0.1, 0.15) is 10.4 Å². The molecule has 0 fully saturated rings. The lowest BCUT2D eigenvalue weighted by Crippen LogP contribution is -1.93. The third kappa shape index (κ3) is 1.46. The summed E-state index contributed by atoms with van der Waals surface area (Å²) < 4.78 is 18.8. The Morgan fingerprint density at radius 2 is 1.93 bits per heavy atom. The molecule has 0 aliphatic carbocycles. The smallest absolute Gasteiger partial charge is 0.153 e. The summed E-state index contributed by atoms with van der Waals surface area (Å²) in [6.07, 6.45) is 0.490. The summed E-state index contributed by atoms with van der Waals surface area (Å²) in [4.78, 5) is 10.6. The highest BCUT2D eigenvalue weighted by molar-refractivity contribution is 5.94. The van der Waals surface area contributed by atoms with E-state index in [2.05, 4.69) is 0 Å². The molecule has 76 valence electrons. The second-order valence-corrected chi connectivity index (χ2v) is 3.15. The van der Waals surface area contributed by atoms with E-state index in [9.17, 15) is 9.18 Å². The highest BCUT2D eigenvalue weighted by Crippen LogP contribution is 2.29. The lowest BCUT2D eigenvalue weighted by atomic mass is 10.1. The Hall–Kier alpha value is -1.90. The van der Waals surface area contributed by atoms with E-state index in [-0.39, 0.29) is 5.56 Å². The molecule has 0 bridgehead atoms. The predicted octanol–water partition coefficient (Wildman–Crippen LogP) is 2.80. The third-order valence-corrected chi connectivity index (χ3v) is 2.32. The second kappa shape index (κ2) is 3.69. The van der Waals surface area contributed by atoms with Crippen molar-refractivity contribution < 1.29 is 13.9 Å². The van der Waals surface area contributed by atoms with Crippen LogP contribution in [0.25, 0.3) is 10.8 Å². The minimum absolute atomic E-state index is 0.0190. The zero-order chi connectivity index (χ0) is 10.8. The highest BCUT2D eigenvalue weighted by atomic mass is 19.1. The van der Waals surface area contributed by atoms with Crippen LogP contribution in [-0.4, -0.2) is 13.4 Å². The monoisotopic (exact) mass is 204 g/mol. The van der Waals surface area contributed by atoms with Crippen LogP contribution in [0.4, 0.5) is 4.39 Å². The average molecular weight is 204 g/mol. The molecule has 0 heterocycles. The maximum Gasteiger partial charge on any atom is 0.153 e. The SMILES string of the molecule is COc1cc(C=O)c(F)c2ccccc12.